The fourth-order valence-electron chi connectivity index (χ4n) is 2.89. The summed E-state index contributed by atoms with van der Waals surface area (Å²) in [5.41, 5.74) is 7.76. The summed E-state index contributed by atoms with van der Waals surface area (Å²) >= 11 is 0. The van der Waals surface area contributed by atoms with Crippen molar-refractivity contribution in [2.24, 2.45) is 5.73 Å². The van der Waals surface area contributed by atoms with E-state index in [1.54, 1.807) is 4.90 Å². The lowest BCUT2D eigenvalue weighted by atomic mass is 9.92. The molecule has 0 spiro atoms. The molecule has 0 saturated carbocycles. The minimum atomic E-state index is -0.702. The number of halogens is 1. The minimum absolute atomic E-state index is 0.107. The van der Waals surface area contributed by atoms with E-state index in [4.69, 9.17) is 5.73 Å². The molecule has 2 N–H and O–H groups in total. The smallest absolute Gasteiger partial charge is 0.290 e. The Balaban J connectivity index is 2.00. The third kappa shape index (κ3) is 2.39. The van der Waals surface area contributed by atoms with Gasteiger partial charge in [0.15, 0.2) is 11.6 Å². The van der Waals surface area contributed by atoms with Crippen LogP contribution in [-0.2, 0) is 6.42 Å². The molecule has 0 bridgehead atoms. The van der Waals surface area contributed by atoms with Gasteiger partial charge in [0.1, 0.15) is 6.20 Å². The molecule has 0 saturated heterocycles. The summed E-state index contributed by atoms with van der Waals surface area (Å²) in [6.07, 6.45) is 1.83. The number of hydrogen-bond donors (Lipinski definition) is 1. The Labute approximate surface area is 126 Å². The lowest BCUT2D eigenvalue weighted by Gasteiger charge is -2.37. The van der Waals surface area contributed by atoms with Gasteiger partial charge in [-0.25, -0.2) is 9.37 Å². The van der Waals surface area contributed by atoms with Crippen molar-refractivity contribution in [1.82, 2.24) is 4.98 Å². The van der Waals surface area contributed by atoms with Gasteiger partial charge in [0.25, 0.3) is 5.69 Å². The van der Waals surface area contributed by atoms with Gasteiger partial charge in [-0.05, 0) is 17.5 Å². The van der Waals surface area contributed by atoms with Crippen LogP contribution >= 0.6 is 0 Å². The van der Waals surface area contributed by atoms with E-state index in [1.165, 1.54) is 5.56 Å². The fraction of sp³-hybridized carbons (Fsp3) is 0.267. The molecular formula is C15H15FN4O2. The van der Waals surface area contributed by atoms with Crippen LogP contribution < -0.4 is 10.6 Å². The zero-order valence-corrected chi connectivity index (χ0v) is 11.8. The van der Waals surface area contributed by atoms with Crippen LogP contribution in [0.1, 0.15) is 17.2 Å². The second-order valence-electron chi connectivity index (χ2n) is 5.15. The SMILES string of the molecule is NCC1c2ccccc2CCN1c1ncc([N+](=O)[O-])cc1F. The number of anilines is 1. The third-order valence-electron chi connectivity index (χ3n) is 3.93. The monoisotopic (exact) mass is 302 g/mol. The van der Waals surface area contributed by atoms with Crippen molar-refractivity contribution in [3.05, 3.63) is 63.6 Å². The fourth-order valence-corrected chi connectivity index (χ4v) is 2.89. The van der Waals surface area contributed by atoms with Gasteiger partial charge in [-0.3, -0.25) is 10.1 Å². The summed E-state index contributed by atoms with van der Waals surface area (Å²) in [6, 6.07) is 8.61. The number of pyridine rings is 1. The van der Waals surface area contributed by atoms with E-state index in [1.807, 2.05) is 24.3 Å². The van der Waals surface area contributed by atoms with Crippen molar-refractivity contribution in [2.75, 3.05) is 18.0 Å². The van der Waals surface area contributed by atoms with Gasteiger partial charge in [-0.2, -0.15) is 0 Å². The summed E-state index contributed by atoms with van der Waals surface area (Å²) in [4.78, 5) is 15.8. The Morgan fingerprint density at radius 3 is 2.91 bits per heavy atom. The number of aromatic nitrogens is 1. The van der Waals surface area contributed by atoms with Gasteiger partial charge in [0.2, 0.25) is 0 Å². The van der Waals surface area contributed by atoms with E-state index in [-0.39, 0.29) is 17.5 Å². The van der Waals surface area contributed by atoms with Crippen LogP contribution in [-0.4, -0.2) is 23.0 Å². The van der Waals surface area contributed by atoms with Crippen LogP contribution in [0.15, 0.2) is 36.5 Å². The Hall–Kier alpha value is -2.54. The van der Waals surface area contributed by atoms with E-state index < -0.39 is 10.7 Å². The average Bonchev–Trinajstić information content (AvgIpc) is 2.53. The van der Waals surface area contributed by atoms with Crippen molar-refractivity contribution >= 4 is 11.5 Å². The van der Waals surface area contributed by atoms with Crippen molar-refractivity contribution < 1.29 is 9.31 Å². The molecule has 1 aliphatic rings. The molecule has 22 heavy (non-hydrogen) atoms. The molecule has 0 amide bonds. The molecule has 3 rings (SSSR count). The minimum Gasteiger partial charge on any atom is -0.346 e. The largest absolute Gasteiger partial charge is 0.346 e. The molecule has 2 aromatic rings. The van der Waals surface area contributed by atoms with Crippen LogP contribution in [0.2, 0.25) is 0 Å². The molecule has 0 radical (unpaired) electrons. The number of hydrogen-bond acceptors (Lipinski definition) is 5. The molecule has 1 unspecified atom stereocenters. The molecule has 7 heteroatoms. The highest BCUT2D eigenvalue weighted by Gasteiger charge is 2.29. The molecule has 0 aliphatic carbocycles. The number of nitrogens with two attached hydrogens (primary N) is 1. The normalized spacial score (nSPS) is 17.2. The predicted molar refractivity (Wildman–Crippen MR) is 80.1 cm³/mol. The topological polar surface area (TPSA) is 85.3 Å². The van der Waals surface area contributed by atoms with Crippen molar-refractivity contribution in [3.63, 3.8) is 0 Å². The van der Waals surface area contributed by atoms with E-state index in [2.05, 4.69) is 4.98 Å². The van der Waals surface area contributed by atoms with Crippen LogP contribution in [0.3, 0.4) is 0 Å². The standard InChI is InChI=1S/C15H15FN4O2/c16-13-7-11(20(21)22)9-18-15(13)19-6-5-10-3-1-2-4-12(10)14(19)8-17/h1-4,7,9,14H,5-6,8,17H2. The average molecular weight is 302 g/mol. The summed E-state index contributed by atoms with van der Waals surface area (Å²) in [6.45, 7) is 0.885. The van der Waals surface area contributed by atoms with Crippen LogP contribution in [0.25, 0.3) is 0 Å². The molecule has 1 aromatic carbocycles. The molecule has 114 valence electrons. The molecule has 1 aliphatic heterocycles. The predicted octanol–water partition coefficient (Wildman–Crippen LogP) is 2.19. The van der Waals surface area contributed by atoms with Crippen molar-refractivity contribution in [2.45, 2.75) is 12.5 Å². The zero-order chi connectivity index (χ0) is 15.7. The van der Waals surface area contributed by atoms with Gasteiger partial charge < -0.3 is 10.6 Å². The van der Waals surface area contributed by atoms with Gasteiger partial charge in [0, 0.05) is 13.1 Å². The van der Waals surface area contributed by atoms with Crippen LogP contribution in [0.4, 0.5) is 15.9 Å². The van der Waals surface area contributed by atoms with Gasteiger partial charge in [-0.1, -0.05) is 24.3 Å². The quantitative estimate of drug-likeness (QED) is 0.694. The maximum absolute atomic E-state index is 14.2. The van der Waals surface area contributed by atoms with Crippen molar-refractivity contribution in [1.29, 1.82) is 0 Å². The van der Waals surface area contributed by atoms with E-state index >= 15 is 0 Å². The Morgan fingerprint density at radius 1 is 1.45 bits per heavy atom. The molecule has 0 fully saturated rings. The maximum atomic E-state index is 14.2. The van der Waals surface area contributed by atoms with Crippen molar-refractivity contribution in [3.8, 4) is 0 Å². The summed E-state index contributed by atoms with van der Waals surface area (Å²) < 4.78 is 14.2. The Morgan fingerprint density at radius 2 is 2.23 bits per heavy atom. The van der Waals surface area contributed by atoms with E-state index in [0.717, 1.165) is 24.2 Å². The van der Waals surface area contributed by atoms with Gasteiger partial charge in [0.05, 0.1) is 17.0 Å². The lowest BCUT2D eigenvalue weighted by molar-refractivity contribution is -0.385. The Kier molecular flexibility index (Phi) is 3.72. The number of benzene rings is 1. The lowest BCUT2D eigenvalue weighted by Crippen LogP contribution is -2.40. The van der Waals surface area contributed by atoms with Gasteiger partial charge in [-0.15, -0.1) is 0 Å². The first-order valence-corrected chi connectivity index (χ1v) is 6.96. The Bertz CT molecular complexity index is 722. The first-order valence-electron chi connectivity index (χ1n) is 6.96. The first kappa shape index (κ1) is 14.4. The molecule has 2 heterocycles. The summed E-state index contributed by atoms with van der Waals surface area (Å²) in [7, 11) is 0. The van der Waals surface area contributed by atoms with Gasteiger partial charge >= 0.3 is 0 Å². The number of fused-ring (bicyclic) bond motifs is 1. The molecular weight excluding hydrogens is 287 g/mol. The number of nitrogens with zero attached hydrogens (tertiary/aromatic N) is 3. The zero-order valence-electron chi connectivity index (χ0n) is 11.8. The highest BCUT2D eigenvalue weighted by Crippen LogP contribution is 2.33. The molecule has 6 nitrogen and oxygen atoms in total. The summed E-state index contributed by atoms with van der Waals surface area (Å²) in [5.74, 6) is -0.595. The summed E-state index contributed by atoms with van der Waals surface area (Å²) in [5, 5.41) is 10.7. The van der Waals surface area contributed by atoms with Crippen LogP contribution in [0, 0.1) is 15.9 Å². The highest BCUT2D eigenvalue weighted by atomic mass is 19.1. The van der Waals surface area contributed by atoms with E-state index in [9.17, 15) is 14.5 Å². The third-order valence-corrected chi connectivity index (χ3v) is 3.93. The second kappa shape index (κ2) is 5.69. The molecule has 1 atom stereocenters. The maximum Gasteiger partial charge on any atom is 0.290 e. The number of nitro groups is 1. The first-order chi connectivity index (χ1) is 10.6. The second-order valence-corrected chi connectivity index (χ2v) is 5.15. The van der Waals surface area contributed by atoms with Crippen LogP contribution in [0.5, 0.6) is 0 Å². The molecule has 1 aromatic heterocycles. The number of rotatable bonds is 3. The van der Waals surface area contributed by atoms with E-state index in [0.29, 0.717) is 13.1 Å². The highest BCUT2D eigenvalue weighted by molar-refractivity contribution is 5.50.